The van der Waals surface area contributed by atoms with Gasteiger partial charge in [-0.05, 0) is 109 Å². The molecular formula is C62H64Cl2N6O4. The lowest BCUT2D eigenvalue weighted by atomic mass is 9.79. The van der Waals surface area contributed by atoms with E-state index in [1.54, 1.807) is 0 Å². The molecule has 2 saturated heterocycles. The van der Waals surface area contributed by atoms with Gasteiger partial charge in [0.05, 0.1) is 36.0 Å². The molecule has 4 fully saturated rings. The zero-order valence-electron chi connectivity index (χ0n) is 41.6. The number of nitrogens with one attached hydrogen (secondary N) is 4. The molecule has 4 aliphatic heterocycles. The van der Waals surface area contributed by atoms with Crippen LogP contribution in [0.5, 0.6) is 0 Å². The quantitative estimate of drug-likeness (QED) is 0.120. The van der Waals surface area contributed by atoms with Crippen LogP contribution in [0.2, 0.25) is 10.0 Å². The number of carbonyl (C=O) groups excluding carboxylic acids is 4. The molecule has 10 atom stereocenters. The summed E-state index contributed by atoms with van der Waals surface area (Å²) in [5.74, 6) is 0.246. The van der Waals surface area contributed by atoms with Crippen molar-refractivity contribution in [2.24, 2.45) is 23.7 Å². The molecule has 2 aliphatic carbocycles. The maximum Gasteiger partial charge on any atom is 0.251 e. The second-order valence-electron chi connectivity index (χ2n) is 21.1. The van der Waals surface area contributed by atoms with Crippen LogP contribution in [0.4, 0.5) is 11.4 Å². The van der Waals surface area contributed by atoms with Crippen LogP contribution in [0.1, 0.15) is 131 Å². The third-order valence-corrected chi connectivity index (χ3v) is 17.3. The zero-order valence-corrected chi connectivity index (χ0v) is 43.1. The summed E-state index contributed by atoms with van der Waals surface area (Å²) in [4.78, 5) is 58.6. The fraction of sp³-hybridized carbons (Fsp3) is 0.355. The molecule has 12 heteroatoms. The van der Waals surface area contributed by atoms with Gasteiger partial charge in [0.15, 0.2) is 0 Å². The molecule has 74 heavy (non-hydrogen) atoms. The summed E-state index contributed by atoms with van der Waals surface area (Å²) < 4.78 is 0. The summed E-state index contributed by atoms with van der Waals surface area (Å²) >= 11 is 12.8. The van der Waals surface area contributed by atoms with Gasteiger partial charge in [0.25, 0.3) is 11.8 Å². The van der Waals surface area contributed by atoms with Crippen molar-refractivity contribution in [3.63, 3.8) is 0 Å². The lowest BCUT2D eigenvalue weighted by Gasteiger charge is -2.42. The highest BCUT2D eigenvalue weighted by molar-refractivity contribution is 6.31. The molecule has 0 radical (unpaired) electrons. The molecule has 4 N–H and O–H groups in total. The minimum atomic E-state index is -0.207. The maximum absolute atomic E-state index is 14.2. The van der Waals surface area contributed by atoms with Crippen molar-refractivity contribution in [3.8, 4) is 0 Å². The fourth-order valence-electron chi connectivity index (χ4n) is 13.3. The van der Waals surface area contributed by atoms with Crippen molar-refractivity contribution in [1.29, 1.82) is 0 Å². The summed E-state index contributed by atoms with van der Waals surface area (Å²) in [6.07, 6.45) is 9.20. The summed E-state index contributed by atoms with van der Waals surface area (Å²) in [5.41, 5.74) is 7.98. The van der Waals surface area contributed by atoms with Crippen LogP contribution in [0.3, 0.4) is 0 Å². The Hall–Kier alpha value is -6.62. The molecule has 6 aromatic rings. The van der Waals surface area contributed by atoms with Crippen molar-refractivity contribution < 1.29 is 19.2 Å². The minimum absolute atomic E-state index is 0.0152. The Kier molecular flexibility index (Phi) is 14.8. The van der Waals surface area contributed by atoms with E-state index in [0.717, 1.165) is 99.8 Å². The highest BCUT2D eigenvalue weighted by Gasteiger charge is 2.50. The number of anilines is 2. The number of nitrogens with zero attached hydrogens (tertiary/aromatic N) is 2. The Morgan fingerprint density at radius 3 is 1.20 bits per heavy atom. The highest BCUT2D eigenvalue weighted by Crippen LogP contribution is 2.54. The number of amides is 4. The van der Waals surface area contributed by atoms with Crippen molar-refractivity contribution in [2.75, 3.05) is 23.7 Å². The van der Waals surface area contributed by atoms with Crippen LogP contribution < -0.4 is 21.3 Å². The SMILES string of the molecule is O=C(N[C@@H]1CCCCC1C(=O)N1CC[C@@H]2[C@H](c3ccccc3)Nc3cc(Cl)ccc3[C@@H]21)c1ccccc1.O=C(N[C@@H]1CCCCC1C(=O)N1CC[C@H]2[C@@H](c3ccccc3)Nc3cc(Cl)ccc3[C@H]21)c1ccccc1. The van der Waals surface area contributed by atoms with Crippen LogP contribution in [0, 0.1) is 23.7 Å². The Morgan fingerprint density at radius 1 is 0.446 bits per heavy atom. The van der Waals surface area contributed by atoms with Gasteiger partial charge in [0, 0.05) is 69.6 Å². The van der Waals surface area contributed by atoms with Crippen LogP contribution >= 0.6 is 23.2 Å². The summed E-state index contributed by atoms with van der Waals surface area (Å²) in [5, 5.41) is 15.3. The van der Waals surface area contributed by atoms with E-state index < -0.39 is 0 Å². The van der Waals surface area contributed by atoms with Gasteiger partial charge in [0.2, 0.25) is 11.8 Å². The Labute approximate surface area is 444 Å². The van der Waals surface area contributed by atoms with E-state index in [9.17, 15) is 19.2 Å². The van der Waals surface area contributed by atoms with Gasteiger partial charge in [-0.15, -0.1) is 0 Å². The lowest BCUT2D eigenvalue weighted by Crippen LogP contribution is -2.50. The number of benzene rings is 6. The molecular weight excluding hydrogens is 964 g/mol. The second-order valence-corrected chi connectivity index (χ2v) is 21.9. The van der Waals surface area contributed by atoms with Crippen LogP contribution in [-0.4, -0.2) is 58.6 Å². The van der Waals surface area contributed by atoms with Gasteiger partial charge in [-0.25, -0.2) is 0 Å². The summed E-state index contributed by atoms with van der Waals surface area (Å²) in [6.45, 7) is 1.44. The average Bonchev–Trinajstić information content (AvgIpc) is 4.10. The number of fused-ring (bicyclic) bond motifs is 6. The molecule has 380 valence electrons. The van der Waals surface area contributed by atoms with Gasteiger partial charge in [0.1, 0.15) is 0 Å². The van der Waals surface area contributed by atoms with Crippen LogP contribution in [-0.2, 0) is 9.59 Å². The summed E-state index contributed by atoms with van der Waals surface area (Å²) in [7, 11) is 0. The van der Waals surface area contributed by atoms with E-state index in [4.69, 9.17) is 23.2 Å². The van der Waals surface area contributed by atoms with Crippen LogP contribution in [0.15, 0.2) is 158 Å². The zero-order chi connectivity index (χ0) is 50.7. The normalized spacial score (nSPS) is 26.5. The van der Waals surface area contributed by atoms with Gasteiger partial charge < -0.3 is 31.1 Å². The Balaban J connectivity index is 0.000000159. The highest BCUT2D eigenvalue weighted by atomic mass is 35.5. The first kappa shape index (κ1) is 49.6. The van der Waals surface area contributed by atoms with Crippen LogP contribution in [0.25, 0.3) is 0 Å². The number of hydrogen-bond acceptors (Lipinski definition) is 6. The molecule has 6 aliphatic rings. The van der Waals surface area contributed by atoms with E-state index in [0.29, 0.717) is 21.2 Å². The van der Waals surface area contributed by atoms with Gasteiger partial charge >= 0.3 is 0 Å². The molecule has 0 spiro atoms. The molecule has 12 rings (SSSR count). The molecule has 6 aromatic carbocycles. The van der Waals surface area contributed by atoms with E-state index in [1.807, 2.05) is 97.1 Å². The number of carbonyl (C=O) groups is 4. The summed E-state index contributed by atoms with van der Waals surface area (Å²) in [6, 6.07) is 51.4. The first-order valence-electron chi connectivity index (χ1n) is 26.7. The van der Waals surface area contributed by atoms with Crippen molar-refractivity contribution in [3.05, 3.63) is 201 Å². The monoisotopic (exact) mass is 1030 g/mol. The predicted molar refractivity (Wildman–Crippen MR) is 293 cm³/mol. The standard InChI is InChI=1S/2C31H32ClN3O2/c2*32-22-15-16-23-27(19-22)33-28(20-9-3-1-4-10-20)25-17-18-35(29(23)25)31(37)24-13-7-8-14-26(24)34-30(36)21-11-5-2-6-12-21/h2*1-6,9-12,15-16,19,24-26,28-29,33H,7-8,13-14,17-18H2,(H,34,36)/t24?,25-,26+,28+,29+;24?,25-,26-,28+,29+/m01/s1. The van der Waals surface area contributed by atoms with Crippen molar-refractivity contribution in [2.45, 2.75) is 100 Å². The van der Waals surface area contributed by atoms with E-state index in [-0.39, 0.29) is 83.6 Å². The molecule has 0 aromatic heterocycles. The largest absolute Gasteiger partial charge is 0.378 e. The number of hydrogen-bond donors (Lipinski definition) is 4. The predicted octanol–water partition coefficient (Wildman–Crippen LogP) is 12.8. The molecule has 4 heterocycles. The van der Waals surface area contributed by atoms with E-state index in [2.05, 4.69) is 91.7 Å². The number of rotatable bonds is 8. The third-order valence-electron chi connectivity index (χ3n) is 16.8. The van der Waals surface area contributed by atoms with Gasteiger partial charge in [-0.3, -0.25) is 19.2 Å². The Bertz CT molecular complexity index is 2760. The second kappa shape index (κ2) is 22.1. The van der Waals surface area contributed by atoms with E-state index in [1.165, 1.54) is 11.1 Å². The topological polar surface area (TPSA) is 123 Å². The molecule has 0 bridgehead atoms. The van der Waals surface area contributed by atoms with Gasteiger partial charge in [-0.2, -0.15) is 0 Å². The lowest BCUT2D eigenvalue weighted by molar-refractivity contribution is -0.139. The molecule has 4 amide bonds. The molecule has 2 unspecified atom stereocenters. The Morgan fingerprint density at radius 2 is 0.811 bits per heavy atom. The minimum Gasteiger partial charge on any atom is -0.378 e. The fourth-order valence-corrected chi connectivity index (χ4v) is 13.6. The molecule has 2 saturated carbocycles. The number of halogens is 2. The third kappa shape index (κ3) is 10.2. The van der Waals surface area contributed by atoms with Crippen molar-refractivity contribution in [1.82, 2.24) is 20.4 Å². The van der Waals surface area contributed by atoms with Crippen molar-refractivity contribution >= 4 is 58.2 Å². The maximum atomic E-state index is 14.2. The van der Waals surface area contributed by atoms with Gasteiger partial charge in [-0.1, -0.05) is 158 Å². The molecule has 10 nitrogen and oxygen atoms in total. The number of likely N-dealkylation sites (tertiary alicyclic amines) is 2. The van der Waals surface area contributed by atoms with E-state index >= 15 is 0 Å². The first-order chi connectivity index (χ1) is 36.2. The smallest absolute Gasteiger partial charge is 0.251 e. The first-order valence-corrected chi connectivity index (χ1v) is 27.5. The average molecular weight is 1030 g/mol.